The molecule has 1 aromatic heterocycles. The summed E-state index contributed by atoms with van der Waals surface area (Å²) in [6, 6.07) is 0. The Balaban J connectivity index is 2.22. The molecule has 0 fully saturated rings. The van der Waals surface area contributed by atoms with Crippen LogP contribution in [-0.2, 0) is 17.8 Å². The summed E-state index contributed by atoms with van der Waals surface area (Å²) in [6.45, 7) is 3.62. The molecular formula is C11H16N4O2. The average Bonchev–Trinajstić information content (AvgIpc) is 2.27. The SMILES string of the molecule is Cc1nc(NCC(=O)O)nc2c1CN(C)CC2. The Morgan fingerprint density at radius 1 is 1.53 bits per heavy atom. The molecule has 0 radical (unpaired) electrons. The number of aryl methyl sites for hydroxylation is 1. The zero-order valence-electron chi connectivity index (χ0n) is 10.0. The molecule has 2 rings (SSSR count). The van der Waals surface area contributed by atoms with E-state index in [0.29, 0.717) is 5.95 Å². The molecule has 1 aliphatic rings. The van der Waals surface area contributed by atoms with E-state index in [0.717, 1.165) is 30.9 Å². The molecule has 92 valence electrons. The lowest BCUT2D eigenvalue weighted by Gasteiger charge is -2.25. The minimum absolute atomic E-state index is 0.155. The molecule has 17 heavy (non-hydrogen) atoms. The number of nitrogens with one attached hydrogen (secondary N) is 1. The number of rotatable bonds is 3. The van der Waals surface area contributed by atoms with Gasteiger partial charge >= 0.3 is 5.97 Å². The van der Waals surface area contributed by atoms with Gasteiger partial charge in [-0.25, -0.2) is 9.97 Å². The van der Waals surface area contributed by atoms with Gasteiger partial charge in [0.25, 0.3) is 0 Å². The predicted molar refractivity (Wildman–Crippen MR) is 62.9 cm³/mol. The van der Waals surface area contributed by atoms with Crippen molar-refractivity contribution in [1.29, 1.82) is 0 Å². The molecule has 1 aromatic rings. The van der Waals surface area contributed by atoms with E-state index in [1.165, 1.54) is 5.56 Å². The second kappa shape index (κ2) is 4.67. The maximum absolute atomic E-state index is 10.5. The molecule has 6 nitrogen and oxygen atoms in total. The maximum atomic E-state index is 10.5. The van der Waals surface area contributed by atoms with Crippen LogP contribution in [0, 0.1) is 6.92 Å². The summed E-state index contributed by atoms with van der Waals surface area (Å²) in [6.07, 6.45) is 0.886. The van der Waals surface area contributed by atoms with Gasteiger partial charge in [-0.3, -0.25) is 4.79 Å². The van der Waals surface area contributed by atoms with Gasteiger partial charge in [-0.2, -0.15) is 0 Å². The number of nitrogens with zero attached hydrogens (tertiary/aromatic N) is 3. The van der Waals surface area contributed by atoms with Crippen molar-refractivity contribution in [2.75, 3.05) is 25.5 Å². The van der Waals surface area contributed by atoms with E-state index < -0.39 is 5.97 Å². The molecule has 0 spiro atoms. The fraction of sp³-hybridized carbons (Fsp3) is 0.545. The quantitative estimate of drug-likeness (QED) is 0.784. The second-order valence-corrected chi connectivity index (χ2v) is 4.29. The van der Waals surface area contributed by atoms with Crippen LogP contribution in [0.25, 0.3) is 0 Å². The molecule has 0 aliphatic carbocycles. The number of fused-ring (bicyclic) bond motifs is 1. The van der Waals surface area contributed by atoms with E-state index in [9.17, 15) is 4.79 Å². The smallest absolute Gasteiger partial charge is 0.322 e. The topological polar surface area (TPSA) is 78.3 Å². The van der Waals surface area contributed by atoms with Gasteiger partial charge in [-0.05, 0) is 14.0 Å². The van der Waals surface area contributed by atoms with E-state index in [1.54, 1.807) is 0 Å². The summed E-state index contributed by atoms with van der Waals surface area (Å²) in [5.41, 5.74) is 3.12. The van der Waals surface area contributed by atoms with E-state index >= 15 is 0 Å². The Hall–Kier alpha value is -1.69. The lowest BCUT2D eigenvalue weighted by Crippen LogP contribution is -2.29. The monoisotopic (exact) mass is 236 g/mol. The number of anilines is 1. The van der Waals surface area contributed by atoms with Crippen LogP contribution < -0.4 is 5.32 Å². The number of aliphatic carboxylic acids is 1. The van der Waals surface area contributed by atoms with Crippen molar-refractivity contribution in [3.8, 4) is 0 Å². The van der Waals surface area contributed by atoms with Crippen molar-refractivity contribution in [1.82, 2.24) is 14.9 Å². The lowest BCUT2D eigenvalue weighted by atomic mass is 10.1. The van der Waals surface area contributed by atoms with Crippen LogP contribution in [0.1, 0.15) is 17.0 Å². The minimum atomic E-state index is -0.913. The molecule has 1 aliphatic heterocycles. The van der Waals surface area contributed by atoms with Crippen LogP contribution in [0.3, 0.4) is 0 Å². The summed E-state index contributed by atoms with van der Waals surface area (Å²) >= 11 is 0. The molecule has 0 aromatic carbocycles. The molecule has 0 saturated carbocycles. The molecular weight excluding hydrogens is 220 g/mol. The first-order valence-corrected chi connectivity index (χ1v) is 5.57. The summed E-state index contributed by atoms with van der Waals surface area (Å²) in [4.78, 5) is 21.3. The standard InChI is InChI=1S/C11H16N4O2/c1-7-8-6-15(2)4-3-9(8)14-11(13-7)12-5-10(16)17/h3-6H2,1-2H3,(H,16,17)(H,12,13,14). The van der Waals surface area contributed by atoms with Crippen LogP contribution in [0.5, 0.6) is 0 Å². The molecule has 0 amide bonds. The van der Waals surface area contributed by atoms with Gasteiger partial charge in [0.05, 0.1) is 5.69 Å². The van der Waals surface area contributed by atoms with Gasteiger partial charge in [0, 0.05) is 30.8 Å². The fourth-order valence-corrected chi connectivity index (χ4v) is 1.95. The Morgan fingerprint density at radius 3 is 3.00 bits per heavy atom. The van der Waals surface area contributed by atoms with Gasteiger partial charge in [-0.15, -0.1) is 0 Å². The highest BCUT2D eigenvalue weighted by molar-refractivity contribution is 5.71. The number of hydrogen-bond acceptors (Lipinski definition) is 5. The third kappa shape index (κ3) is 2.71. The summed E-state index contributed by atoms with van der Waals surface area (Å²) in [7, 11) is 2.07. The van der Waals surface area contributed by atoms with Crippen LogP contribution in [0.2, 0.25) is 0 Å². The van der Waals surface area contributed by atoms with Crippen LogP contribution in [0.15, 0.2) is 0 Å². The van der Waals surface area contributed by atoms with Crippen molar-refractivity contribution in [3.05, 3.63) is 17.0 Å². The summed E-state index contributed by atoms with van der Waals surface area (Å²) in [5, 5.41) is 11.3. The maximum Gasteiger partial charge on any atom is 0.322 e. The number of carboxylic acids is 1. The highest BCUT2D eigenvalue weighted by atomic mass is 16.4. The number of likely N-dealkylation sites (N-methyl/N-ethyl adjacent to an activating group) is 1. The largest absolute Gasteiger partial charge is 0.480 e. The van der Waals surface area contributed by atoms with E-state index in [-0.39, 0.29) is 6.54 Å². The van der Waals surface area contributed by atoms with Crippen molar-refractivity contribution >= 4 is 11.9 Å². The highest BCUT2D eigenvalue weighted by Gasteiger charge is 2.18. The normalized spacial score (nSPS) is 15.4. The molecule has 2 N–H and O–H groups in total. The van der Waals surface area contributed by atoms with Gasteiger partial charge < -0.3 is 15.3 Å². The van der Waals surface area contributed by atoms with Crippen molar-refractivity contribution in [2.24, 2.45) is 0 Å². The van der Waals surface area contributed by atoms with Crippen LogP contribution >= 0.6 is 0 Å². The average molecular weight is 236 g/mol. The van der Waals surface area contributed by atoms with Crippen molar-refractivity contribution in [3.63, 3.8) is 0 Å². The molecule has 0 saturated heterocycles. The van der Waals surface area contributed by atoms with Crippen LogP contribution in [-0.4, -0.2) is 46.1 Å². The molecule has 0 bridgehead atoms. The van der Waals surface area contributed by atoms with Crippen LogP contribution in [0.4, 0.5) is 5.95 Å². The zero-order valence-corrected chi connectivity index (χ0v) is 10.0. The minimum Gasteiger partial charge on any atom is -0.480 e. The summed E-state index contributed by atoms with van der Waals surface area (Å²) in [5.74, 6) is -0.503. The van der Waals surface area contributed by atoms with E-state index in [2.05, 4.69) is 27.2 Å². The number of carbonyl (C=O) groups is 1. The van der Waals surface area contributed by atoms with Gasteiger partial charge in [0.2, 0.25) is 5.95 Å². The van der Waals surface area contributed by atoms with E-state index in [4.69, 9.17) is 5.11 Å². The predicted octanol–water partition coefficient (Wildman–Crippen LogP) is 0.269. The Labute approximate surface area is 99.7 Å². The molecule has 0 atom stereocenters. The van der Waals surface area contributed by atoms with Gasteiger partial charge in [-0.1, -0.05) is 0 Å². The third-order valence-electron chi connectivity index (χ3n) is 2.86. The second-order valence-electron chi connectivity index (χ2n) is 4.29. The Bertz CT molecular complexity index is 447. The van der Waals surface area contributed by atoms with Crippen molar-refractivity contribution in [2.45, 2.75) is 19.9 Å². The van der Waals surface area contributed by atoms with Crippen molar-refractivity contribution < 1.29 is 9.90 Å². The summed E-state index contributed by atoms with van der Waals surface area (Å²) < 4.78 is 0. The lowest BCUT2D eigenvalue weighted by molar-refractivity contribution is -0.134. The van der Waals surface area contributed by atoms with Gasteiger partial charge in [0.1, 0.15) is 6.54 Å². The number of aromatic nitrogens is 2. The Kier molecular flexibility index (Phi) is 3.23. The first-order chi connectivity index (χ1) is 8.06. The first kappa shape index (κ1) is 11.8. The molecule has 2 heterocycles. The van der Waals surface area contributed by atoms with E-state index in [1.807, 2.05) is 6.92 Å². The number of carboxylic acid groups (broad SMARTS) is 1. The molecule has 0 unspecified atom stereocenters. The third-order valence-corrected chi connectivity index (χ3v) is 2.86. The zero-order chi connectivity index (χ0) is 12.4. The highest BCUT2D eigenvalue weighted by Crippen LogP contribution is 2.19. The fourth-order valence-electron chi connectivity index (χ4n) is 1.95. The molecule has 6 heteroatoms. The Morgan fingerprint density at radius 2 is 2.29 bits per heavy atom. The number of hydrogen-bond donors (Lipinski definition) is 2. The van der Waals surface area contributed by atoms with Gasteiger partial charge in [0.15, 0.2) is 0 Å². The first-order valence-electron chi connectivity index (χ1n) is 5.57.